The van der Waals surface area contributed by atoms with Gasteiger partial charge in [-0.3, -0.25) is 4.79 Å². The normalized spacial score (nSPS) is 10.7. The van der Waals surface area contributed by atoms with Crippen molar-refractivity contribution in [3.63, 3.8) is 0 Å². The highest BCUT2D eigenvalue weighted by Gasteiger charge is 2.13. The molecule has 116 valence electrons. The molecule has 5 nitrogen and oxygen atoms in total. The molecule has 0 unspecified atom stereocenters. The first-order chi connectivity index (χ1) is 11.2. The summed E-state index contributed by atoms with van der Waals surface area (Å²) in [5.74, 6) is -0.167. The zero-order valence-corrected chi connectivity index (χ0v) is 12.8. The Morgan fingerprint density at radius 3 is 2.70 bits per heavy atom. The van der Waals surface area contributed by atoms with Crippen LogP contribution in [0.25, 0.3) is 10.8 Å². The van der Waals surface area contributed by atoms with Crippen LogP contribution in [0.5, 0.6) is 5.88 Å². The molecule has 3 rings (SSSR count). The summed E-state index contributed by atoms with van der Waals surface area (Å²) in [6, 6.07) is 14.1. The summed E-state index contributed by atoms with van der Waals surface area (Å²) in [4.78, 5) is 20.1. The number of rotatable bonds is 4. The van der Waals surface area contributed by atoms with Gasteiger partial charge in [0, 0.05) is 19.2 Å². The van der Waals surface area contributed by atoms with Crippen molar-refractivity contribution < 1.29 is 9.90 Å². The van der Waals surface area contributed by atoms with Crippen LogP contribution in [0.4, 0.5) is 0 Å². The summed E-state index contributed by atoms with van der Waals surface area (Å²) in [6.45, 7) is 2.26. The second-order valence-electron chi connectivity index (χ2n) is 5.24. The minimum Gasteiger partial charge on any atom is -0.493 e. The third-order valence-corrected chi connectivity index (χ3v) is 3.65. The van der Waals surface area contributed by atoms with E-state index in [1.54, 1.807) is 0 Å². The number of amides is 1. The number of carbonyl (C=O) groups excluding carboxylic acids is 1. The number of hydrogen-bond acceptors (Lipinski definition) is 4. The van der Waals surface area contributed by atoms with Gasteiger partial charge < -0.3 is 10.4 Å². The van der Waals surface area contributed by atoms with Crippen molar-refractivity contribution in [2.45, 2.75) is 19.9 Å². The number of aromatic hydroxyl groups is 1. The lowest BCUT2D eigenvalue weighted by Gasteiger charge is -2.08. The highest BCUT2D eigenvalue weighted by atomic mass is 16.3. The molecule has 0 saturated carbocycles. The smallest absolute Gasteiger partial charge is 0.258 e. The van der Waals surface area contributed by atoms with Gasteiger partial charge in [-0.1, -0.05) is 43.3 Å². The Bertz CT molecular complexity index is 862. The van der Waals surface area contributed by atoms with E-state index >= 15 is 0 Å². The summed E-state index contributed by atoms with van der Waals surface area (Å²) < 4.78 is 0. The summed E-state index contributed by atoms with van der Waals surface area (Å²) in [5, 5.41) is 14.9. The fourth-order valence-electron chi connectivity index (χ4n) is 2.36. The van der Waals surface area contributed by atoms with E-state index in [-0.39, 0.29) is 11.4 Å². The number of aromatic nitrogens is 2. The van der Waals surface area contributed by atoms with E-state index in [2.05, 4.69) is 15.3 Å². The van der Waals surface area contributed by atoms with Crippen LogP contribution in [0.15, 0.2) is 48.7 Å². The number of aryl methyl sites for hydroxylation is 1. The zero-order chi connectivity index (χ0) is 16.2. The highest BCUT2D eigenvalue weighted by Crippen LogP contribution is 2.16. The second-order valence-corrected chi connectivity index (χ2v) is 5.24. The predicted octanol–water partition coefficient (Wildman–Crippen LogP) is 2.83. The number of benzene rings is 2. The van der Waals surface area contributed by atoms with Gasteiger partial charge in [0.15, 0.2) is 0 Å². The van der Waals surface area contributed by atoms with Crippen molar-refractivity contribution in [1.29, 1.82) is 0 Å². The van der Waals surface area contributed by atoms with Gasteiger partial charge in [0.1, 0.15) is 11.4 Å². The first kappa shape index (κ1) is 15.0. The van der Waals surface area contributed by atoms with Crippen LogP contribution in [-0.2, 0) is 13.0 Å². The van der Waals surface area contributed by atoms with E-state index < -0.39 is 5.91 Å². The lowest BCUT2D eigenvalue weighted by Crippen LogP contribution is -2.23. The van der Waals surface area contributed by atoms with Crippen molar-refractivity contribution in [3.05, 3.63) is 65.6 Å². The van der Waals surface area contributed by atoms with Crippen LogP contribution in [0.3, 0.4) is 0 Å². The topological polar surface area (TPSA) is 75.1 Å². The summed E-state index contributed by atoms with van der Waals surface area (Å²) >= 11 is 0. The van der Waals surface area contributed by atoms with E-state index in [0.717, 1.165) is 16.3 Å². The van der Waals surface area contributed by atoms with E-state index in [1.807, 2.05) is 49.4 Å². The van der Waals surface area contributed by atoms with E-state index in [1.165, 1.54) is 6.20 Å². The van der Waals surface area contributed by atoms with Crippen molar-refractivity contribution in [2.75, 3.05) is 0 Å². The van der Waals surface area contributed by atoms with E-state index in [9.17, 15) is 9.90 Å². The van der Waals surface area contributed by atoms with Gasteiger partial charge in [0.25, 0.3) is 5.91 Å². The lowest BCUT2D eigenvalue weighted by atomic mass is 10.1. The number of nitrogens with zero attached hydrogens (tertiary/aromatic N) is 2. The molecule has 0 atom stereocenters. The van der Waals surface area contributed by atoms with Crippen LogP contribution in [0, 0.1) is 0 Å². The first-order valence-electron chi connectivity index (χ1n) is 7.48. The van der Waals surface area contributed by atoms with Gasteiger partial charge in [-0.15, -0.1) is 0 Å². The Kier molecular flexibility index (Phi) is 4.19. The van der Waals surface area contributed by atoms with Crippen molar-refractivity contribution in [2.24, 2.45) is 0 Å². The summed E-state index contributed by atoms with van der Waals surface area (Å²) in [5.41, 5.74) is 1.07. The zero-order valence-electron chi connectivity index (χ0n) is 12.8. The third-order valence-electron chi connectivity index (χ3n) is 3.65. The Morgan fingerprint density at radius 1 is 1.17 bits per heavy atom. The predicted molar refractivity (Wildman–Crippen MR) is 88.2 cm³/mol. The fourth-order valence-corrected chi connectivity index (χ4v) is 2.36. The van der Waals surface area contributed by atoms with Crippen LogP contribution < -0.4 is 5.32 Å². The molecule has 0 radical (unpaired) electrons. The Morgan fingerprint density at radius 2 is 1.96 bits per heavy atom. The van der Waals surface area contributed by atoms with Crippen LogP contribution >= 0.6 is 0 Å². The van der Waals surface area contributed by atoms with Gasteiger partial charge in [-0.2, -0.15) is 4.98 Å². The SMILES string of the molecule is CCc1ncc(C(=O)NCc2ccc3ccccc3c2)c(O)n1. The Balaban J connectivity index is 1.72. The van der Waals surface area contributed by atoms with Crippen LogP contribution in [-0.4, -0.2) is 21.0 Å². The molecule has 0 aliphatic carbocycles. The molecule has 1 heterocycles. The molecular formula is C18H17N3O2. The average Bonchev–Trinajstić information content (AvgIpc) is 2.59. The molecule has 3 aromatic rings. The number of nitrogens with one attached hydrogen (secondary N) is 1. The molecule has 0 saturated heterocycles. The van der Waals surface area contributed by atoms with Gasteiger partial charge in [0.05, 0.1) is 0 Å². The van der Waals surface area contributed by atoms with Crippen molar-refractivity contribution >= 4 is 16.7 Å². The quantitative estimate of drug-likeness (QED) is 0.777. The first-order valence-corrected chi connectivity index (χ1v) is 7.48. The molecule has 23 heavy (non-hydrogen) atoms. The van der Waals surface area contributed by atoms with Crippen LogP contribution in [0.2, 0.25) is 0 Å². The number of fused-ring (bicyclic) bond motifs is 1. The molecule has 0 bridgehead atoms. The molecule has 0 aliphatic rings. The maximum Gasteiger partial charge on any atom is 0.258 e. The molecule has 2 aromatic carbocycles. The minimum atomic E-state index is -0.390. The fraction of sp³-hybridized carbons (Fsp3) is 0.167. The molecule has 0 spiro atoms. The Labute approximate surface area is 134 Å². The minimum absolute atomic E-state index is 0.0861. The Hall–Kier alpha value is -2.95. The molecule has 0 aliphatic heterocycles. The monoisotopic (exact) mass is 307 g/mol. The molecule has 1 aromatic heterocycles. The van der Waals surface area contributed by atoms with E-state index in [0.29, 0.717) is 18.8 Å². The van der Waals surface area contributed by atoms with Gasteiger partial charge in [-0.05, 0) is 22.4 Å². The molecule has 0 fully saturated rings. The summed E-state index contributed by atoms with van der Waals surface area (Å²) in [7, 11) is 0. The average molecular weight is 307 g/mol. The maximum atomic E-state index is 12.2. The second kappa shape index (κ2) is 6.44. The molecule has 2 N–H and O–H groups in total. The van der Waals surface area contributed by atoms with Gasteiger partial charge in [-0.25, -0.2) is 4.98 Å². The largest absolute Gasteiger partial charge is 0.493 e. The summed E-state index contributed by atoms with van der Waals surface area (Å²) in [6.07, 6.45) is 1.96. The van der Waals surface area contributed by atoms with E-state index in [4.69, 9.17) is 0 Å². The standard InChI is InChI=1S/C18H17N3O2/c1-2-16-19-11-15(18(23)21-16)17(22)20-10-12-7-8-13-5-3-4-6-14(13)9-12/h3-9,11H,2,10H2,1H3,(H,20,22)(H,19,21,23). The molecular weight excluding hydrogens is 290 g/mol. The third kappa shape index (κ3) is 3.29. The molecule has 5 heteroatoms. The van der Waals surface area contributed by atoms with Gasteiger partial charge >= 0.3 is 0 Å². The van der Waals surface area contributed by atoms with Crippen molar-refractivity contribution in [1.82, 2.24) is 15.3 Å². The number of hydrogen-bond donors (Lipinski definition) is 2. The highest BCUT2D eigenvalue weighted by molar-refractivity contribution is 5.96. The van der Waals surface area contributed by atoms with Crippen LogP contribution in [0.1, 0.15) is 28.7 Å². The molecule has 1 amide bonds. The lowest BCUT2D eigenvalue weighted by molar-refractivity contribution is 0.0947. The number of carbonyl (C=O) groups is 1. The van der Waals surface area contributed by atoms with Gasteiger partial charge in [0.2, 0.25) is 5.88 Å². The maximum absolute atomic E-state index is 12.2. The van der Waals surface area contributed by atoms with Crippen molar-refractivity contribution in [3.8, 4) is 5.88 Å².